The summed E-state index contributed by atoms with van der Waals surface area (Å²) in [7, 11) is 0. The predicted octanol–water partition coefficient (Wildman–Crippen LogP) is 4.52. The standard InChI is InChI=1S/C12H11BrClN/c1-3-8-4-9(13)5-10-11(14)7(2)6-15-12(8)10/h4-6H,3H2,1-2H3. The molecule has 3 heteroatoms. The highest BCUT2D eigenvalue weighted by molar-refractivity contribution is 9.10. The van der Waals surface area contributed by atoms with E-state index in [0.717, 1.165) is 32.4 Å². The number of nitrogens with zero attached hydrogens (tertiary/aromatic N) is 1. The second-order valence-electron chi connectivity index (χ2n) is 3.57. The van der Waals surface area contributed by atoms with Gasteiger partial charge in [0.1, 0.15) is 0 Å². The maximum Gasteiger partial charge on any atom is 0.0749 e. The third-order valence-electron chi connectivity index (χ3n) is 2.50. The van der Waals surface area contributed by atoms with Gasteiger partial charge in [-0.05, 0) is 36.6 Å². The second-order valence-corrected chi connectivity index (χ2v) is 4.86. The molecule has 1 heterocycles. The van der Waals surface area contributed by atoms with Crippen LogP contribution in [-0.4, -0.2) is 4.98 Å². The quantitative estimate of drug-likeness (QED) is 0.750. The Hall–Kier alpha value is -0.600. The van der Waals surface area contributed by atoms with Gasteiger partial charge in [0.15, 0.2) is 0 Å². The highest BCUT2D eigenvalue weighted by Gasteiger charge is 2.08. The van der Waals surface area contributed by atoms with Crippen molar-refractivity contribution in [1.29, 1.82) is 0 Å². The van der Waals surface area contributed by atoms with Gasteiger partial charge in [0.2, 0.25) is 0 Å². The van der Waals surface area contributed by atoms with Crippen molar-refractivity contribution in [3.8, 4) is 0 Å². The van der Waals surface area contributed by atoms with Crippen LogP contribution in [0.15, 0.2) is 22.8 Å². The minimum atomic E-state index is 0.802. The number of aromatic nitrogens is 1. The van der Waals surface area contributed by atoms with E-state index in [9.17, 15) is 0 Å². The van der Waals surface area contributed by atoms with Gasteiger partial charge in [-0.25, -0.2) is 0 Å². The number of pyridine rings is 1. The molecule has 1 nitrogen and oxygen atoms in total. The third kappa shape index (κ3) is 1.88. The second kappa shape index (κ2) is 4.11. The molecule has 0 N–H and O–H groups in total. The summed E-state index contributed by atoms with van der Waals surface area (Å²) in [4.78, 5) is 4.45. The van der Waals surface area contributed by atoms with E-state index in [4.69, 9.17) is 11.6 Å². The molecule has 0 amide bonds. The van der Waals surface area contributed by atoms with Crippen molar-refractivity contribution in [2.24, 2.45) is 0 Å². The zero-order chi connectivity index (χ0) is 11.0. The van der Waals surface area contributed by atoms with E-state index in [1.165, 1.54) is 5.56 Å². The molecular weight excluding hydrogens is 273 g/mol. The molecule has 0 atom stereocenters. The van der Waals surface area contributed by atoms with Crippen molar-refractivity contribution in [3.63, 3.8) is 0 Å². The van der Waals surface area contributed by atoms with Gasteiger partial charge in [-0.2, -0.15) is 0 Å². The molecule has 0 radical (unpaired) electrons. The Morgan fingerprint density at radius 1 is 1.40 bits per heavy atom. The van der Waals surface area contributed by atoms with Crippen LogP contribution in [0, 0.1) is 6.92 Å². The summed E-state index contributed by atoms with van der Waals surface area (Å²) in [6, 6.07) is 4.12. The number of aryl methyl sites for hydroxylation is 2. The summed E-state index contributed by atoms with van der Waals surface area (Å²) < 4.78 is 1.06. The van der Waals surface area contributed by atoms with Gasteiger partial charge < -0.3 is 0 Å². The summed E-state index contributed by atoms with van der Waals surface area (Å²) in [5.74, 6) is 0. The van der Waals surface area contributed by atoms with Gasteiger partial charge >= 0.3 is 0 Å². The molecule has 0 aliphatic rings. The first-order chi connectivity index (χ1) is 7.13. The molecule has 1 aromatic carbocycles. The van der Waals surface area contributed by atoms with Crippen LogP contribution < -0.4 is 0 Å². The van der Waals surface area contributed by atoms with Gasteiger partial charge in [-0.15, -0.1) is 0 Å². The van der Waals surface area contributed by atoms with Gasteiger partial charge in [-0.1, -0.05) is 34.5 Å². The fraction of sp³-hybridized carbons (Fsp3) is 0.250. The highest BCUT2D eigenvalue weighted by Crippen LogP contribution is 2.30. The van der Waals surface area contributed by atoms with Crippen LogP contribution in [0.4, 0.5) is 0 Å². The molecule has 0 bridgehead atoms. The largest absolute Gasteiger partial charge is 0.256 e. The van der Waals surface area contributed by atoms with Crippen LogP contribution >= 0.6 is 27.5 Å². The van der Waals surface area contributed by atoms with Crippen molar-refractivity contribution in [2.75, 3.05) is 0 Å². The van der Waals surface area contributed by atoms with Gasteiger partial charge in [0, 0.05) is 16.1 Å². The van der Waals surface area contributed by atoms with E-state index in [2.05, 4.69) is 33.9 Å². The summed E-state index contributed by atoms with van der Waals surface area (Å²) in [6.45, 7) is 4.10. The SMILES string of the molecule is CCc1cc(Br)cc2c(Cl)c(C)cnc12. The number of fused-ring (bicyclic) bond motifs is 1. The molecule has 15 heavy (non-hydrogen) atoms. The minimum absolute atomic E-state index is 0.802. The van der Waals surface area contributed by atoms with Gasteiger partial charge in [0.05, 0.1) is 10.5 Å². The van der Waals surface area contributed by atoms with E-state index >= 15 is 0 Å². The van der Waals surface area contributed by atoms with Crippen LogP contribution in [0.5, 0.6) is 0 Å². The third-order valence-corrected chi connectivity index (χ3v) is 3.46. The van der Waals surface area contributed by atoms with Crippen LogP contribution in [-0.2, 0) is 6.42 Å². The molecule has 0 saturated carbocycles. The van der Waals surface area contributed by atoms with E-state index in [0.29, 0.717) is 0 Å². The molecule has 0 saturated heterocycles. The molecule has 0 unspecified atom stereocenters. The summed E-state index contributed by atoms with van der Waals surface area (Å²) in [5, 5.41) is 1.83. The fourth-order valence-corrected chi connectivity index (χ4v) is 2.37. The van der Waals surface area contributed by atoms with Crippen molar-refractivity contribution in [3.05, 3.63) is 39.0 Å². The topological polar surface area (TPSA) is 12.9 Å². The summed E-state index contributed by atoms with van der Waals surface area (Å²) >= 11 is 9.76. The van der Waals surface area contributed by atoms with Crippen molar-refractivity contribution in [1.82, 2.24) is 4.98 Å². The first kappa shape index (κ1) is 10.9. The molecule has 2 aromatic rings. The Balaban J connectivity index is 2.89. The molecule has 0 aliphatic carbocycles. The van der Waals surface area contributed by atoms with Crippen LogP contribution in [0.3, 0.4) is 0 Å². The Kier molecular flexibility index (Phi) is 2.98. The Morgan fingerprint density at radius 3 is 2.80 bits per heavy atom. The lowest BCUT2D eigenvalue weighted by molar-refractivity contribution is 1.14. The van der Waals surface area contributed by atoms with E-state index < -0.39 is 0 Å². The lowest BCUT2D eigenvalue weighted by Crippen LogP contribution is -1.90. The first-order valence-corrected chi connectivity index (χ1v) is 6.03. The molecule has 0 aliphatic heterocycles. The Labute approximate surface area is 103 Å². The molecule has 0 fully saturated rings. The average Bonchev–Trinajstić information content (AvgIpc) is 2.23. The average molecular weight is 285 g/mol. The molecule has 78 valence electrons. The molecular formula is C12H11BrClN. The highest BCUT2D eigenvalue weighted by atomic mass is 79.9. The van der Waals surface area contributed by atoms with Crippen molar-refractivity contribution in [2.45, 2.75) is 20.3 Å². The minimum Gasteiger partial charge on any atom is -0.256 e. The zero-order valence-electron chi connectivity index (χ0n) is 8.64. The van der Waals surface area contributed by atoms with Crippen LogP contribution in [0.1, 0.15) is 18.1 Å². The normalized spacial score (nSPS) is 10.9. The predicted molar refractivity (Wildman–Crippen MR) is 68.6 cm³/mol. The van der Waals surface area contributed by atoms with E-state index in [-0.39, 0.29) is 0 Å². The fourth-order valence-electron chi connectivity index (χ4n) is 1.68. The zero-order valence-corrected chi connectivity index (χ0v) is 11.0. The molecule has 2 rings (SSSR count). The molecule has 0 spiro atoms. The van der Waals surface area contributed by atoms with E-state index in [1.54, 1.807) is 0 Å². The maximum atomic E-state index is 6.27. The number of benzene rings is 1. The smallest absolute Gasteiger partial charge is 0.0749 e. The molecule has 1 aromatic heterocycles. The Morgan fingerprint density at radius 2 is 2.13 bits per heavy atom. The lowest BCUT2D eigenvalue weighted by Gasteiger charge is -2.08. The van der Waals surface area contributed by atoms with Gasteiger partial charge in [0.25, 0.3) is 0 Å². The first-order valence-electron chi connectivity index (χ1n) is 4.86. The van der Waals surface area contributed by atoms with Crippen LogP contribution in [0.25, 0.3) is 10.9 Å². The maximum absolute atomic E-state index is 6.27. The van der Waals surface area contributed by atoms with Gasteiger partial charge in [-0.3, -0.25) is 4.98 Å². The number of hydrogen-bond donors (Lipinski definition) is 0. The number of hydrogen-bond acceptors (Lipinski definition) is 1. The van der Waals surface area contributed by atoms with Crippen LogP contribution in [0.2, 0.25) is 5.02 Å². The monoisotopic (exact) mass is 283 g/mol. The summed E-state index contributed by atoms with van der Waals surface area (Å²) in [5.41, 5.74) is 3.25. The van der Waals surface area contributed by atoms with E-state index in [1.807, 2.05) is 19.2 Å². The van der Waals surface area contributed by atoms with Crippen molar-refractivity contribution < 1.29 is 0 Å². The van der Waals surface area contributed by atoms with Crippen molar-refractivity contribution >= 4 is 38.4 Å². The number of rotatable bonds is 1. The lowest BCUT2D eigenvalue weighted by atomic mass is 10.1. The number of halogens is 2. The summed E-state index contributed by atoms with van der Waals surface area (Å²) in [6.07, 6.45) is 2.79. The Bertz CT molecular complexity index is 523.